The Bertz CT molecular complexity index is 1520. The van der Waals surface area contributed by atoms with Gasteiger partial charge >= 0.3 is 6.61 Å². The quantitative estimate of drug-likeness (QED) is 0.521. The van der Waals surface area contributed by atoms with Crippen molar-refractivity contribution in [2.45, 2.75) is 39.0 Å². The molecule has 0 radical (unpaired) electrons. The lowest BCUT2D eigenvalue weighted by molar-refractivity contribution is -0.0507. The van der Waals surface area contributed by atoms with E-state index in [-0.39, 0.29) is 28.7 Å². The molecule has 3 aliphatic rings. The number of hydrogen-bond donors (Lipinski definition) is 0. The molecule has 0 aliphatic carbocycles. The van der Waals surface area contributed by atoms with Gasteiger partial charge in [0.15, 0.2) is 0 Å². The second-order valence-electron chi connectivity index (χ2n) is 9.70. The molecule has 180 valence electrons. The molecule has 2 atom stereocenters. The van der Waals surface area contributed by atoms with Crippen molar-refractivity contribution in [1.82, 2.24) is 19.4 Å². The van der Waals surface area contributed by atoms with Gasteiger partial charge < -0.3 is 19.1 Å². The molecule has 0 N–H and O–H groups in total. The molecule has 4 heterocycles. The van der Waals surface area contributed by atoms with Crippen molar-refractivity contribution in [2.24, 2.45) is 5.41 Å². The standard InChI is InChI=1S/C27H26F2N4O2/c1-4-32-14-27(2,15-32)11-10-16-8-9-18-19(12-16)33-20-13-21(24(33)30-18)31(3)25(34)17-6-5-7-22(23(17)20)35-26(28)29/h5-9,12,20-21,26H,4,13-15H2,1-3H3/t20-,21-/m1/s1/i3D3. The first-order chi connectivity index (χ1) is 18.0. The summed E-state index contributed by atoms with van der Waals surface area (Å²) in [6, 6.07) is 8.37. The van der Waals surface area contributed by atoms with Crippen LogP contribution >= 0.6 is 0 Å². The molecule has 3 aliphatic heterocycles. The highest BCUT2D eigenvalue weighted by molar-refractivity contribution is 5.97. The number of halogens is 2. The Balaban J connectivity index is 1.52. The summed E-state index contributed by atoms with van der Waals surface area (Å²) in [5, 5.41) is 0. The molecule has 1 amide bonds. The minimum atomic E-state index is -3.10. The first-order valence-corrected chi connectivity index (χ1v) is 11.7. The fraction of sp³-hybridized carbons (Fsp3) is 0.407. The number of rotatable bonds is 3. The lowest BCUT2D eigenvalue weighted by Gasteiger charge is -2.44. The molecule has 6 nitrogen and oxygen atoms in total. The van der Waals surface area contributed by atoms with Crippen molar-refractivity contribution in [3.63, 3.8) is 0 Å². The van der Waals surface area contributed by atoms with Crippen molar-refractivity contribution >= 4 is 16.9 Å². The van der Waals surface area contributed by atoms with Gasteiger partial charge in [-0.3, -0.25) is 4.79 Å². The second kappa shape index (κ2) is 7.79. The monoisotopic (exact) mass is 479 g/mol. The van der Waals surface area contributed by atoms with E-state index in [0.717, 1.165) is 30.1 Å². The molecule has 0 spiro atoms. The van der Waals surface area contributed by atoms with Crippen molar-refractivity contribution in [3.05, 3.63) is 58.9 Å². The first kappa shape index (κ1) is 18.8. The number of nitrogens with zero attached hydrogens (tertiary/aromatic N) is 4. The van der Waals surface area contributed by atoms with Crippen molar-refractivity contribution in [2.75, 3.05) is 26.6 Å². The molecule has 35 heavy (non-hydrogen) atoms. The molecule has 0 unspecified atom stereocenters. The van der Waals surface area contributed by atoms with Gasteiger partial charge in [0.05, 0.1) is 28.5 Å². The number of aromatic nitrogens is 2. The Labute approximate surface area is 206 Å². The number of amides is 1. The van der Waals surface area contributed by atoms with Crippen LogP contribution in [0.5, 0.6) is 5.75 Å². The Morgan fingerprint density at radius 3 is 2.86 bits per heavy atom. The lowest BCUT2D eigenvalue weighted by Crippen LogP contribution is -2.53. The molecule has 2 aromatic carbocycles. The number of imidazole rings is 1. The predicted molar refractivity (Wildman–Crippen MR) is 127 cm³/mol. The Morgan fingerprint density at radius 2 is 2.11 bits per heavy atom. The Kier molecular flexibility index (Phi) is 4.19. The molecule has 3 aromatic rings. The number of likely N-dealkylation sites (tertiary alicyclic amines) is 1. The summed E-state index contributed by atoms with van der Waals surface area (Å²) in [6.07, 6.45) is 0.180. The number of fused-ring (bicyclic) bond motifs is 9. The van der Waals surface area contributed by atoms with Crippen LogP contribution in [-0.2, 0) is 0 Å². The van der Waals surface area contributed by atoms with Gasteiger partial charge in [-0.05, 0) is 43.8 Å². The zero-order valence-electron chi connectivity index (χ0n) is 22.4. The molecule has 6 rings (SSSR count). The molecule has 0 saturated carbocycles. The first-order valence-electron chi connectivity index (χ1n) is 13.2. The van der Waals surface area contributed by atoms with Crippen LogP contribution in [0.3, 0.4) is 0 Å². The zero-order valence-corrected chi connectivity index (χ0v) is 19.4. The minimum absolute atomic E-state index is 0.0357. The predicted octanol–water partition coefficient (Wildman–Crippen LogP) is 4.45. The van der Waals surface area contributed by atoms with Gasteiger partial charge in [-0.25, -0.2) is 4.98 Å². The third-order valence-electron chi connectivity index (χ3n) is 7.25. The number of hydrogen-bond acceptors (Lipinski definition) is 4. The average Bonchev–Trinajstić information content (AvgIpc) is 3.32. The molecule has 2 bridgehead atoms. The maximum atomic E-state index is 13.5. The summed E-state index contributed by atoms with van der Waals surface area (Å²) < 4.78 is 57.7. The maximum Gasteiger partial charge on any atom is 0.387 e. The largest absolute Gasteiger partial charge is 0.434 e. The molecule has 1 aromatic heterocycles. The molecule has 1 fully saturated rings. The summed E-state index contributed by atoms with van der Waals surface area (Å²) in [5.74, 6) is 6.16. The van der Waals surface area contributed by atoms with Crippen LogP contribution in [0.2, 0.25) is 0 Å². The highest BCUT2D eigenvalue weighted by Crippen LogP contribution is 2.50. The SMILES string of the molecule is [2H]C([2H])([2H])N1C(=O)c2cccc(OC(F)F)c2[C@H]2C[C@@H]1c1nc3ccc(C#CC4(C)CN(CC)C4)cc3n12. The summed E-state index contributed by atoms with van der Waals surface area (Å²) in [4.78, 5) is 21.4. The highest BCUT2D eigenvalue weighted by Gasteiger charge is 2.45. The van der Waals surface area contributed by atoms with Crippen molar-refractivity contribution < 1.29 is 22.4 Å². The summed E-state index contributed by atoms with van der Waals surface area (Å²) in [5.41, 5.74) is 2.28. The van der Waals surface area contributed by atoms with Crippen molar-refractivity contribution in [1.29, 1.82) is 0 Å². The van der Waals surface area contributed by atoms with Gasteiger partial charge in [-0.15, -0.1) is 0 Å². The molecular weight excluding hydrogens is 450 g/mol. The fourth-order valence-electron chi connectivity index (χ4n) is 5.65. The summed E-state index contributed by atoms with van der Waals surface area (Å²) >= 11 is 0. The van der Waals surface area contributed by atoms with E-state index in [1.807, 2.05) is 22.8 Å². The highest BCUT2D eigenvalue weighted by atomic mass is 19.3. The van der Waals surface area contributed by atoms with Gasteiger partial charge in [-0.1, -0.05) is 24.8 Å². The average molecular weight is 480 g/mol. The van der Waals surface area contributed by atoms with E-state index in [4.69, 9.17) is 13.8 Å². The number of carbonyl (C=O) groups is 1. The van der Waals surface area contributed by atoms with E-state index < -0.39 is 31.6 Å². The minimum Gasteiger partial charge on any atom is -0.434 e. The van der Waals surface area contributed by atoms with Crippen LogP contribution in [0.1, 0.15) is 63.8 Å². The fourth-order valence-corrected chi connectivity index (χ4v) is 5.65. The summed E-state index contributed by atoms with van der Waals surface area (Å²) in [6.45, 7) is 1.20. The van der Waals surface area contributed by atoms with Gasteiger partial charge in [0.2, 0.25) is 0 Å². The number of benzene rings is 2. The third-order valence-corrected chi connectivity index (χ3v) is 7.25. The normalized spacial score (nSPS) is 24.0. The second-order valence-corrected chi connectivity index (χ2v) is 9.70. The van der Waals surface area contributed by atoms with Gasteiger partial charge in [0.1, 0.15) is 11.6 Å². The number of alkyl halides is 2. The van der Waals surface area contributed by atoms with E-state index in [1.165, 1.54) is 18.2 Å². The molecule has 1 saturated heterocycles. The van der Waals surface area contributed by atoms with Crippen LogP contribution in [0.25, 0.3) is 11.0 Å². The molecular formula is C27H26F2N4O2. The van der Waals surface area contributed by atoms with Crippen LogP contribution in [0, 0.1) is 17.3 Å². The topological polar surface area (TPSA) is 50.6 Å². The van der Waals surface area contributed by atoms with E-state index in [0.29, 0.717) is 16.9 Å². The van der Waals surface area contributed by atoms with Crippen molar-refractivity contribution in [3.8, 4) is 17.6 Å². The van der Waals surface area contributed by atoms with Crippen LogP contribution < -0.4 is 4.74 Å². The maximum absolute atomic E-state index is 13.5. The van der Waals surface area contributed by atoms with Crippen LogP contribution in [0.4, 0.5) is 8.78 Å². The van der Waals surface area contributed by atoms with Gasteiger partial charge in [-0.2, -0.15) is 8.78 Å². The smallest absolute Gasteiger partial charge is 0.387 e. The van der Waals surface area contributed by atoms with E-state index in [9.17, 15) is 13.6 Å². The van der Waals surface area contributed by atoms with E-state index in [1.54, 1.807) is 0 Å². The number of ether oxygens (including phenoxy) is 1. The van der Waals surface area contributed by atoms with E-state index >= 15 is 0 Å². The Hall–Kier alpha value is -3.44. The number of carbonyl (C=O) groups excluding carboxylic acids is 1. The van der Waals surface area contributed by atoms with Crippen LogP contribution in [-0.4, -0.2) is 58.5 Å². The zero-order chi connectivity index (χ0) is 27.0. The molecule has 8 heteroatoms. The van der Waals surface area contributed by atoms with Crippen LogP contribution in [0.15, 0.2) is 36.4 Å². The van der Waals surface area contributed by atoms with E-state index in [2.05, 4.69) is 30.6 Å². The Morgan fingerprint density at radius 1 is 1.29 bits per heavy atom. The third kappa shape index (κ3) is 3.41. The summed E-state index contributed by atoms with van der Waals surface area (Å²) in [7, 11) is 0. The van der Waals surface area contributed by atoms with Gasteiger partial charge in [0, 0.05) is 47.3 Å². The lowest BCUT2D eigenvalue weighted by atomic mass is 9.82. The van der Waals surface area contributed by atoms with Gasteiger partial charge in [0.25, 0.3) is 5.91 Å².